The van der Waals surface area contributed by atoms with Crippen molar-refractivity contribution in [2.24, 2.45) is 5.92 Å². The average molecular weight is 274 g/mol. The highest BCUT2D eigenvalue weighted by molar-refractivity contribution is 7.91. The summed E-state index contributed by atoms with van der Waals surface area (Å²) < 4.78 is 22.9. The van der Waals surface area contributed by atoms with Crippen molar-refractivity contribution >= 4 is 15.7 Å². The van der Waals surface area contributed by atoms with Gasteiger partial charge >= 0.3 is 0 Å². The third kappa shape index (κ3) is 2.54. The lowest BCUT2D eigenvalue weighted by Gasteiger charge is -2.36. The van der Waals surface area contributed by atoms with Crippen LogP contribution in [-0.4, -0.2) is 49.0 Å². The summed E-state index contributed by atoms with van der Waals surface area (Å²) >= 11 is 0. The third-order valence-electron chi connectivity index (χ3n) is 3.89. The summed E-state index contributed by atoms with van der Waals surface area (Å²) in [5.74, 6) is 0.858. The van der Waals surface area contributed by atoms with E-state index in [9.17, 15) is 13.2 Å². The predicted molar refractivity (Wildman–Crippen MR) is 69.7 cm³/mol. The first kappa shape index (κ1) is 13.8. The highest BCUT2D eigenvalue weighted by Gasteiger charge is 2.43. The highest BCUT2D eigenvalue weighted by Crippen LogP contribution is 2.26. The smallest absolute Gasteiger partial charge is 0.240 e. The molecule has 0 spiro atoms. The lowest BCUT2D eigenvalue weighted by atomic mass is 10.1. The van der Waals surface area contributed by atoms with Gasteiger partial charge in [-0.2, -0.15) is 0 Å². The van der Waals surface area contributed by atoms with Crippen LogP contribution in [0.15, 0.2) is 0 Å². The van der Waals surface area contributed by atoms with Gasteiger partial charge < -0.3 is 4.90 Å². The fourth-order valence-electron chi connectivity index (χ4n) is 2.84. The van der Waals surface area contributed by atoms with Gasteiger partial charge in [0.1, 0.15) is 9.84 Å². The summed E-state index contributed by atoms with van der Waals surface area (Å²) in [5.41, 5.74) is 0. The minimum atomic E-state index is -2.87. The molecule has 5 nitrogen and oxygen atoms in total. The molecule has 6 heteroatoms. The number of carbonyl (C=O) groups excluding carboxylic acids is 1. The second-order valence-electron chi connectivity index (χ2n) is 5.71. The van der Waals surface area contributed by atoms with Gasteiger partial charge in [0.25, 0.3) is 0 Å². The van der Waals surface area contributed by atoms with Crippen LogP contribution in [0.4, 0.5) is 0 Å². The molecule has 2 atom stereocenters. The van der Waals surface area contributed by atoms with Crippen molar-refractivity contribution < 1.29 is 13.2 Å². The van der Waals surface area contributed by atoms with Gasteiger partial charge in [-0.1, -0.05) is 13.8 Å². The van der Waals surface area contributed by atoms with Gasteiger partial charge in [-0.3, -0.25) is 10.1 Å². The summed E-state index contributed by atoms with van der Waals surface area (Å²) in [6.45, 7) is 6.03. The second-order valence-corrected chi connectivity index (χ2v) is 8.01. The van der Waals surface area contributed by atoms with Gasteiger partial charge in [0.05, 0.1) is 23.7 Å². The Balaban J connectivity index is 2.13. The Hall–Kier alpha value is -0.620. The molecule has 2 saturated heterocycles. The van der Waals surface area contributed by atoms with E-state index in [1.165, 1.54) is 0 Å². The zero-order chi connectivity index (χ0) is 13.5. The Morgan fingerprint density at radius 2 is 1.83 bits per heavy atom. The lowest BCUT2D eigenvalue weighted by Crippen LogP contribution is -2.50. The molecule has 2 rings (SSSR count). The maximum absolute atomic E-state index is 12.2. The average Bonchev–Trinajstić information content (AvgIpc) is 2.57. The Morgan fingerprint density at radius 3 is 2.33 bits per heavy atom. The SMILES string of the molecule is CC1NC(C(C)C)N(C2CCS(=O)(=O)CC2)C1=O. The summed E-state index contributed by atoms with van der Waals surface area (Å²) in [6.07, 6.45) is 1.19. The zero-order valence-corrected chi connectivity index (χ0v) is 12.0. The van der Waals surface area contributed by atoms with Crippen molar-refractivity contribution in [1.29, 1.82) is 0 Å². The largest absolute Gasteiger partial charge is 0.322 e. The molecule has 104 valence electrons. The Kier molecular flexibility index (Phi) is 3.69. The molecule has 0 bridgehead atoms. The number of rotatable bonds is 2. The van der Waals surface area contributed by atoms with E-state index in [-0.39, 0.29) is 35.7 Å². The van der Waals surface area contributed by atoms with Crippen LogP contribution in [0.3, 0.4) is 0 Å². The van der Waals surface area contributed by atoms with Crippen LogP contribution in [0, 0.1) is 5.92 Å². The molecule has 2 aliphatic rings. The number of nitrogens with one attached hydrogen (secondary N) is 1. The first-order chi connectivity index (χ1) is 8.32. The van der Waals surface area contributed by atoms with E-state index in [0.717, 1.165) is 0 Å². The molecular formula is C12H22N2O3S. The maximum Gasteiger partial charge on any atom is 0.240 e. The van der Waals surface area contributed by atoms with Crippen LogP contribution in [0.25, 0.3) is 0 Å². The molecule has 0 aliphatic carbocycles. The van der Waals surface area contributed by atoms with Crippen LogP contribution >= 0.6 is 0 Å². The first-order valence-corrected chi connectivity index (χ1v) is 8.42. The molecule has 0 saturated carbocycles. The molecule has 2 heterocycles. The van der Waals surface area contributed by atoms with Crippen LogP contribution in [0.5, 0.6) is 0 Å². The predicted octanol–water partition coefficient (Wildman–Crippen LogP) is 0.366. The molecule has 0 aromatic rings. The zero-order valence-electron chi connectivity index (χ0n) is 11.2. The fourth-order valence-corrected chi connectivity index (χ4v) is 4.31. The Labute approximate surface area is 109 Å². The van der Waals surface area contributed by atoms with Crippen molar-refractivity contribution in [3.63, 3.8) is 0 Å². The van der Waals surface area contributed by atoms with Crippen LogP contribution in [-0.2, 0) is 14.6 Å². The van der Waals surface area contributed by atoms with E-state index in [2.05, 4.69) is 19.2 Å². The van der Waals surface area contributed by atoms with E-state index in [4.69, 9.17) is 0 Å². The van der Waals surface area contributed by atoms with Crippen molar-refractivity contribution in [2.45, 2.75) is 51.9 Å². The van der Waals surface area contributed by atoms with Gasteiger partial charge in [0, 0.05) is 6.04 Å². The molecule has 0 aromatic carbocycles. The van der Waals surface area contributed by atoms with Crippen molar-refractivity contribution in [1.82, 2.24) is 10.2 Å². The maximum atomic E-state index is 12.2. The number of nitrogens with zero attached hydrogens (tertiary/aromatic N) is 1. The number of amides is 1. The number of hydrogen-bond acceptors (Lipinski definition) is 4. The molecule has 0 radical (unpaired) electrons. The van der Waals surface area contributed by atoms with Gasteiger partial charge in [-0.25, -0.2) is 8.42 Å². The quantitative estimate of drug-likeness (QED) is 0.790. The molecular weight excluding hydrogens is 252 g/mol. The molecule has 0 aromatic heterocycles. The minimum Gasteiger partial charge on any atom is -0.322 e. The van der Waals surface area contributed by atoms with E-state index >= 15 is 0 Å². The molecule has 2 aliphatic heterocycles. The summed E-state index contributed by atoms with van der Waals surface area (Å²) in [7, 11) is -2.87. The number of carbonyl (C=O) groups is 1. The third-order valence-corrected chi connectivity index (χ3v) is 5.61. The fraction of sp³-hybridized carbons (Fsp3) is 0.917. The number of sulfone groups is 1. The first-order valence-electron chi connectivity index (χ1n) is 6.60. The molecule has 2 fully saturated rings. The Morgan fingerprint density at radius 1 is 1.28 bits per heavy atom. The summed E-state index contributed by atoms with van der Waals surface area (Å²) in [5, 5.41) is 3.30. The minimum absolute atomic E-state index is 0.0401. The standard InChI is InChI=1S/C12H22N2O3S/c1-8(2)11-13-9(3)12(15)14(11)10-4-6-18(16,17)7-5-10/h8-11,13H,4-7H2,1-3H3. The molecule has 2 unspecified atom stereocenters. The second kappa shape index (κ2) is 4.81. The monoisotopic (exact) mass is 274 g/mol. The van der Waals surface area contributed by atoms with Crippen molar-refractivity contribution in [3.05, 3.63) is 0 Å². The van der Waals surface area contributed by atoms with Gasteiger partial charge in [-0.15, -0.1) is 0 Å². The molecule has 1 N–H and O–H groups in total. The van der Waals surface area contributed by atoms with Crippen LogP contribution in [0.1, 0.15) is 33.6 Å². The summed E-state index contributed by atoms with van der Waals surface area (Å²) in [6, 6.07) is -0.0817. The van der Waals surface area contributed by atoms with E-state index in [0.29, 0.717) is 18.8 Å². The van der Waals surface area contributed by atoms with Gasteiger partial charge in [0.2, 0.25) is 5.91 Å². The van der Waals surface area contributed by atoms with E-state index in [1.807, 2.05) is 11.8 Å². The molecule has 18 heavy (non-hydrogen) atoms. The van der Waals surface area contributed by atoms with Crippen molar-refractivity contribution in [2.75, 3.05) is 11.5 Å². The lowest BCUT2D eigenvalue weighted by molar-refractivity contribution is -0.132. The topological polar surface area (TPSA) is 66.5 Å². The van der Waals surface area contributed by atoms with Crippen LogP contribution < -0.4 is 5.32 Å². The van der Waals surface area contributed by atoms with Crippen LogP contribution in [0.2, 0.25) is 0 Å². The van der Waals surface area contributed by atoms with E-state index in [1.54, 1.807) is 0 Å². The number of hydrogen-bond donors (Lipinski definition) is 1. The van der Waals surface area contributed by atoms with Crippen molar-refractivity contribution in [3.8, 4) is 0 Å². The highest BCUT2D eigenvalue weighted by atomic mass is 32.2. The van der Waals surface area contributed by atoms with Gasteiger partial charge in [-0.05, 0) is 25.7 Å². The Bertz CT molecular complexity index is 419. The summed E-state index contributed by atoms with van der Waals surface area (Å²) in [4.78, 5) is 14.1. The normalized spacial score (nSPS) is 33.3. The van der Waals surface area contributed by atoms with E-state index < -0.39 is 9.84 Å². The van der Waals surface area contributed by atoms with Gasteiger partial charge in [0.15, 0.2) is 0 Å². The molecule has 1 amide bonds.